The third kappa shape index (κ3) is 3.67. The van der Waals surface area contributed by atoms with Crippen LogP contribution in [0.1, 0.15) is 33.6 Å². The van der Waals surface area contributed by atoms with Crippen molar-refractivity contribution in [3.63, 3.8) is 0 Å². The molecule has 0 bridgehead atoms. The monoisotopic (exact) mass is 254 g/mol. The van der Waals surface area contributed by atoms with Gasteiger partial charge in [-0.1, -0.05) is 30.7 Å². The highest BCUT2D eigenvalue weighted by molar-refractivity contribution is 5.19. The summed E-state index contributed by atoms with van der Waals surface area (Å²) < 4.78 is 0. The van der Waals surface area contributed by atoms with Crippen LogP contribution < -0.4 is 0 Å². The quantitative estimate of drug-likeness (QED) is 0.657. The van der Waals surface area contributed by atoms with Crippen LogP contribution in [0.5, 0.6) is 0 Å². The molecule has 0 heterocycles. The summed E-state index contributed by atoms with van der Waals surface area (Å²) in [5.41, 5.74) is 0.306. The van der Waals surface area contributed by atoms with Crippen LogP contribution in [0.3, 0.4) is 0 Å². The zero-order chi connectivity index (χ0) is 13.8. The van der Waals surface area contributed by atoms with E-state index in [0.29, 0.717) is 5.92 Å². The first-order valence-corrected chi connectivity index (χ1v) is 6.71. The van der Waals surface area contributed by atoms with E-state index >= 15 is 0 Å². The lowest BCUT2D eigenvalue weighted by atomic mass is 9.80. The van der Waals surface area contributed by atoms with Gasteiger partial charge in [0.1, 0.15) is 0 Å². The van der Waals surface area contributed by atoms with Crippen LogP contribution in [0.4, 0.5) is 0 Å². The minimum absolute atomic E-state index is 0.0354. The molecule has 0 radical (unpaired) electrons. The molecule has 1 fully saturated rings. The number of hydrogen-bond acceptors (Lipinski definition) is 3. The van der Waals surface area contributed by atoms with E-state index in [1.54, 1.807) is 6.08 Å². The minimum Gasteiger partial charge on any atom is -0.396 e. The Morgan fingerprint density at radius 1 is 1.44 bits per heavy atom. The molecule has 0 aromatic rings. The first-order valence-electron chi connectivity index (χ1n) is 6.71. The summed E-state index contributed by atoms with van der Waals surface area (Å²) in [5, 5.41) is 28.5. The maximum Gasteiger partial charge on any atom is 0.0685 e. The predicted molar refractivity (Wildman–Crippen MR) is 73.1 cm³/mol. The van der Waals surface area contributed by atoms with Crippen molar-refractivity contribution in [3.8, 4) is 0 Å². The molecule has 104 valence electrons. The normalized spacial score (nSPS) is 35.3. The van der Waals surface area contributed by atoms with E-state index < -0.39 is 5.60 Å². The zero-order valence-corrected chi connectivity index (χ0v) is 11.6. The van der Waals surface area contributed by atoms with Gasteiger partial charge in [0.2, 0.25) is 0 Å². The van der Waals surface area contributed by atoms with E-state index in [-0.39, 0.29) is 25.0 Å². The molecule has 3 nitrogen and oxygen atoms in total. The smallest absolute Gasteiger partial charge is 0.0685 e. The molecule has 3 N–H and O–H groups in total. The average Bonchev–Trinajstić information content (AvgIpc) is 2.61. The van der Waals surface area contributed by atoms with E-state index in [4.69, 9.17) is 5.11 Å². The number of aliphatic hydroxyl groups is 3. The van der Waals surface area contributed by atoms with Crippen molar-refractivity contribution in [1.29, 1.82) is 0 Å². The van der Waals surface area contributed by atoms with Crippen LogP contribution in [0, 0.1) is 17.8 Å². The van der Waals surface area contributed by atoms with Gasteiger partial charge in [0, 0.05) is 12.5 Å². The van der Waals surface area contributed by atoms with Crippen molar-refractivity contribution < 1.29 is 15.3 Å². The second-order valence-corrected chi connectivity index (χ2v) is 5.74. The Morgan fingerprint density at radius 2 is 2.11 bits per heavy atom. The molecule has 1 aliphatic carbocycles. The number of rotatable bonds is 5. The Balaban J connectivity index is 2.83. The van der Waals surface area contributed by atoms with Gasteiger partial charge in [-0.15, -0.1) is 0 Å². The van der Waals surface area contributed by atoms with Gasteiger partial charge in [0.25, 0.3) is 0 Å². The van der Waals surface area contributed by atoms with Gasteiger partial charge in [0.15, 0.2) is 0 Å². The fourth-order valence-electron chi connectivity index (χ4n) is 2.86. The Labute approximate surface area is 110 Å². The summed E-state index contributed by atoms with van der Waals surface area (Å²) in [6.45, 7) is 6.03. The van der Waals surface area contributed by atoms with Gasteiger partial charge in [-0.2, -0.15) is 0 Å². The highest BCUT2D eigenvalue weighted by Gasteiger charge is 2.43. The van der Waals surface area contributed by atoms with Gasteiger partial charge in [-0.25, -0.2) is 0 Å². The third-order valence-corrected chi connectivity index (χ3v) is 4.16. The molecule has 4 unspecified atom stereocenters. The van der Waals surface area contributed by atoms with Crippen molar-refractivity contribution in [1.82, 2.24) is 0 Å². The maximum atomic E-state index is 10.4. The number of hydrogen-bond donors (Lipinski definition) is 3. The highest BCUT2D eigenvalue weighted by atomic mass is 16.3. The van der Waals surface area contributed by atoms with E-state index in [0.717, 1.165) is 18.4 Å². The van der Waals surface area contributed by atoms with E-state index in [2.05, 4.69) is 0 Å². The zero-order valence-electron chi connectivity index (χ0n) is 11.6. The second-order valence-electron chi connectivity index (χ2n) is 5.74. The fourth-order valence-corrected chi connectivity index (χ4v) is 2.86. The van der Waals surface area contributed by atoms with Crippen LogP contribution >= 0.6 is 0 Å². The molecule has 4 atom stereocenters. The molecule has 0 aromatic heterocycles. The van der Waals surface area contributed by atoms with Crippen LogP contribution in [0.15, 0.2) is 23.8 Å². The van der Waals surface area contributed by atoms with Crippen molar-refractivity contribution in [3.05, 3.63) is 23.8 Å². The molecule has 0 amide bonds. The van der Waals surface area contributed by atoms with Crippen molar-refractivity contribution in [2.75, 3.05) is 13.2 Å². The number of aliphatic hydroxyl groups excluding tert-OH is 2. The Hall–Kier alpha value is -0.640. The second kappa shape index (κ2) is 6.50. The first kappa shape index (κ1) is 15.4. The summed E-state index contributed by atoms with van der Waals surface area (Å²) in [6, 6.07) is 0. The molecule has 0 aliphatic heterocycles. The first-order chi connectivity index (χ1) is 8.42. The summed E-state index contributed by atoms with van der Waals surface area (Å²) in [4.78, 5) is 0. The van der Waals surface area contributed by atoms with Gasteiger partial charge in [0.05, 0.1) is 12.2 Å². The SMILES string of the molecule is CC(/C=C/C1C(C(C)CO)CCC1(C)O)=C\CO. The predicted octanol–water partition coefficient (Wildman–Crippen LogP) is 1.89. The fraction of sp³-hybridized carbons (Fsp3) is 0.733. The largest absolute Gasteiger partial charge is 0.396 e. The molecule has 1 rings (SSSR count). The van der Waals surface area contributed by atoms with Crippen molar-refractivity contribution >= 4 is 0 Å². The summed E-state index contributed by atoms with van der Waals surface area (Å²) in [7, 11) is 0. The van der Waals surface area contributed by atoms with E-state index in [1.807, 2.05) is 32.9 Å². The van der Waals surface area contributed by atoms with Crippen LogP contribution in [0.25, 0.3) is 0 Å². The molecule has 18 heavy (non-hydrogen) atoms. The van der Waals surface area contributed by atoms with Crippen LogP contribution in [-0.4, -0.2) is 34.1 Å². The third-order valence-electron chi connectivity index (χ3n) is 4.16. The van der Waals surface area contributed by atoms with Crippen molar-refractivity contribution in [2.45, 2.75) is 39.2 Å². The summed E-state index contributed by atoms with van der Waals surface area (Å²) in [6.07, 6.45) is 7.46. The van der Waals surface area contributed by atoms with Crippen LogP contribution in [-0.2, 0) is 0 Å². The maximum absolute atomic E-state index is 10.4. The van der Waals surface area contributed by atoms with E-state index in [1.165, 1.54) is 0 Å². The highest BCUT2D eigenvalue weighted by Crippen LogP contribution is 2.44. The lowest BCUT2D eigenvalue weighted by molar-refractivity contribution is 0.0214. The van der Waals surface area contributed by atoms with Gasteiger partial charge >= 0.3 is 0 Å². The van der Waals surface area contributed by atoms with Gasteiger partial charge in [-0.3, -0.25) is 0 Å². The van der Waals surface area contributed by atoms with Crippen molar-refractivity contribution in [2.24, 2.45) is 17.8 Å². The molecule has 1 saturated carbocycles. The van der Waals surface area contributed by atoms with Crippen LogP contribution in [0.2, 0.25) is 0 Å². The molecule has 0 spiro atoms. The number of allylic oxidation sites excluding steroid dienone is 2. The Morgan fingerprint density at radius 3 is 2.67 bits per heavy atom. The molecular formula is C15H26O3. The average molecular weight is 254 g/mol. The topological polar surface area (TPSA) is 60.7 Å². The van der Waals surface area contributed by atoms with Gasteiger partial charge < -0.3 is 15.3 Å². The molecule has 0 aromatic carbocycles. The lowest BCUT2D eigenvalue weighted by Crippen LogP contribution is -2.32. The Bertz CT molecular complexity index is 318. The molecular weight excluding hydrogens is 228 g/mol. The van der Waals surface area contributed by atoms with Gasteiger partial charge in [-0.05, 0) is 38.5 Å². The standard InChI is InChI=1S/C15H26O3/c1-11(7-9-16)4-5-14-13(12(2)10-17)6-8-15(14,3)18/h4-5,7,12-14,16-18H,6,8-10H2,1-3H3/b5-4+,11-7+. The molecule has 0 saturated heterocycles. The summed E-state index contributed by atoms with van der Waals surface area (Å²) in [5.74, 6) is 0.598. The molecule has 3 heteroatoms. The summed E-state index contributed by atoms with van der Waals surface area (Å²) >= 11 is 0. The minimum atomic E-state index is -0.690. The molecule has 1 aliphatic rings. The lowest BCUT2D eigenvalue weighted by Gasteiger charge is -2.29. The Kier molecular flexibility index (Phi) is 5.57. The van der Waals surface area contributed by atoms with E-state index in [9.17, 15) is 10.2 Å².